The topological polar surface area (TPSA) is 47.1 Å². The molecule has 0 spiro atoms. The molecule has 0 saturated carbocycles. The van der Waals surface area contributed by atoms with Crippen LogP contribution in [0.1, 0.15) is 18.3 Å². The molecule has 0 bridgehead atoms. The lowest BCUT2D eigenvalue weighted by molar-refractivity contribution is 0.301. The second-order valence-electron chi connectivity index (χ2n) is 4.07. The van der Waals surface area contributed by atoms with Gasteiger partial charge in [0.2, 0.25) is 0 Å². The summed E-state index contributed by atoms with van der Waals surface area (Å²) in [4.78, 5) is 2.21. The van der Waals surface area contributed by atoms with Crippen LogP contribution < -0.4 is 5.73 Å². The van der Waals surface area contributed by atoms with Gasteiger partial charge in [-0.15, -0.1) is 0 Å². The normalized spacial score (nSPS) is 13.6. The van der Waals surface area contributed by atoms with Crippen LogP contribution in [0.25, 0.3) is 0 Å². The van der Waals surface area contributed by atoms with E-state index in [1.165, 1.54) is 5.69 Å². The molecule has 0 aromatic carbocycles. The lowest BCUT2D eigenvalue weighted by atomic mass is 10.3. The number of nitrogens with two attached hydrogens (primary N) is 1. The molecule has 1 heterocycles. The molecule has 0 aliphatic carbocycles. The van der Waals surface area contributed by atoms with E-state index in [-0.39, 0.29) is 6.04 Å². The van der Waals surface area contributed by atoms with Crippen LogP contribution in [0.3, 0.4) is 0 Å². The van der Waals surface area contributed by atoms with Crippen LogP contribution in [-0.4, -0.2) is 34.3 Å². The number of hydrogen-bond donors (Lipinski definition) is 1. The van der Waals surface area contributed by atoms with Gasteiger partial charge in [-0.25, -0.2) is 0 Å². The third-order valence-electron chi connectivity index (χ3n) is 2.13. The Morgan fingerprint density at radius 2 is 2.29 bits per heavy atom. The largest absolute Gasteiger partial charge is 0.327 e. The van der Waals surface area contributed by atoms with Crippen molar-refractivity contribution in [2.75, 3.05) is 13.6 Å². The van der Waals surface area contributed by atoms with Crippen molar-refractivity contribution >= 4 is 0 Å². The van der Waals surface area contributed by atoms with Gasteiger partial charge in [0, 0.05) is 26.2 Å². The molecule has 1 aromatic heterocycles. The molecule has 0 aliphatic heterocycles. The molecule has 1 rings (SSSR count). The number of aryl methyl sites for hydroxylation is 2. The first-order valence-electron chi connectivity index (χ1n) is 4.92. The van der Waals surface area contributed by atoms with Gasteiger partial charge in [-0.1, -0.05) is 0 Å². The zero-order valence-corrected chi connectivity index (χ0v) is 9.49. The van der Waals surface area contributed by atoms with Gasteiger partial charge in [0.15, 0.2) is 0 Å². The summed E-state index contributed by atoms with van der Waals surface area (Å²) in [5.41, 5.74) is 8.02. The second kappa shape index (κ2) is 4.57. The van der Waals surface area contributed by atoms with Crippen molar-refractivity contribution in [3.63, 3.8) is 0 Å². The number of aromatic nitrogens is 2. The van der Waals surface area contributed by atoms with Crippen LogP contribution in [-0.2, 0) is 13.6 Å². The maximum atomic E-state index is 5.73. The smallest absolute Gasteiger partial charge is 0.0597 e. The standard InChI is InChI=1S/C10H20N4/c1-8(11)6-13(3)7-10-5-9(2)12-14(10)4/h5,8H,6-7,11H2,1-4H3. The summed E-state index contributed by atoms with van der Waals surface area (Å²) < 4.78 is 1.92. The van der Waals surface area contributed by atoms with Crippen molar-refractivity contribution in [1.29, 1.82) is 0 Å². The Morgan fingerprint density at radius 3 is 2.71 bits per heavy atom. The second-order valence-corrected chi connectivity index (χ2v) is 4.07. The lowest BCUT2D eigenvalue weighted by Crippen LogP contribution is -2.32. The fraction of sp³-hybridized carbons (Fsp3) is 0.700. The SMILES string of the molecule is Cc1cc(CN(C)CC(C)N)n(C)n1. The molecule has 1 unspecified atom stereocenters. The van der Waals surface area contributed by atoms with E-state index in [1.54, 1.807) is 0 Å². The fourth-order valence-corrected chi connectivity index (χ4v) is 1.64. The van der Waals surface area contributed by atoms with E-state index in [0.717, 1.165) is 18.8 Å². The maximum Gasteiger partial charge on any atom is 0.0597 e. The Hall–Kier alpha value is -0.870. The van der Waals surface area contributed by atoms with Gasteiger partial charge in [-0.05, 0) is 27.0 Å². The van der Waals surface area contributed by atoms with Gasteiger partial charge in [-0.3, -0.25) is 9.58 Å². The van der Waals surface area contributed by atoms with Crippen LogP contribution in [0.5, 0.6) is 0 Å². The van der Waals surface area contributed by atoms with Crippen molar-refractivity contribution in [1.82, 2.24) is 14.7 Å². The molecule has 2 N–H and O–H groups in total. The molecule has 0 saturated heterocycles. The van der Waals surface area contributed by atoms with E-state index in [2.05, 4.69) is 23.1 Å². The van der Waals surface area contributed by atoms with E-state index >= 15 is 0 Å². The predicted octanol–water partition coefficient (Wildman–Crippen LogP) is 0.508. The first-order chi connectivity index (χ1) is 6.49. The Bertz CT molecular complexity index is 290. The van der Waals surface area contributed by atoms with Crippen LogP contribution >= 0.6 is 0 Å². The summed E-state index contributed by atoms with van der Waals surface area (Å²) >= 11 is 0. The van der Waals surface area contributed by atoms with Crippen molar-refractivity contribution < 1.29 is 0 Å². The van der Waals surface area contributed by atoms with Gasteiger partial charge in [0.1, 0.15) is 0 Å². The van der Waals surface area contributed by atoms with Gasteiger partial charge in [0.05, 0.1) is 11.4 Å². The molecule has 0 radical (unpaired) electrons. The maximum absolute atomic E-state index is 5.73. The average molecular weight is 196 g/mol. The quantitative estimate of drug-likeness (QED) is 0.763. The van der Waals surface area contributed by atoms with Crippen molar-refractivity contribution in [2.45, 2.75) is 26.4 Å². The number of hydrogen-bond acceptors (Lipinski definition) is 3. The van der Waals surface area contributed by atoms with E-state index in [0.29, 0.717) is 0 Å². The molecule has 14 heavy (non-hydrogen) atoms. The average Bonchev–Trinajstić information content (AvgIpc) is 2.28. The van der Waals surface area contributed by atoms with Gasteiger partial charge in [-0.2, -0.15) is 5.10 Å². The molecule has 80 valence electrons. The molecule has 4 heteroatoms. The predicted molar refractivity (Wildman–Crippen MR) is 57.9 cm³/mol. The fourth-order valence-electron chi connectivity index (χ4n) is 1.64. The summed E-state index contributed by atoms with van der Waals surface area (Å²) in [6.07, 6.45) is 0. The van der Waals surface area contributed by atoms with Crippen LogP contribution in [0.4, 0.5) is 0 Å². The summed E-state index contributed by atoms with van der Waals surface area (Å²) in [7, 11) is 4.05. The molecule has 0 aliphatic rings. The van der Waals surface area contributed by atoms with E-state index in [9.17, 15) is 0 Å². The number of rotatable bonds is 4. The molecule has 0 amide bonds. The third-order valence-corrected chi connectivity index (χ3v) is 2.13. The Kier molecular flexibility index (Phi) is 3.66. The minimum Gasteiger partial charge on any atom is -0.327 e. The van der Waals surface area contributed by atoms with E-state index in [4.69, 9.17) is 5.73 Å². The summed E-state index contributed by atoms with van der Waals surface area (Å²) in [6, 6.07) is 2.33. The summed E-state index contributed by atoms with van der Waals surface area (Å²) in [6.45, 7) is 5.84. The zero-order valence-electron chi connectivity index (χ0n) is 9.49. The van der Waals surface area contributed by atoms with E-state index < -0.39 is 0 Å². The van der Waals surface area contributed by atoms with Crippen LogP contribution in [0.15, 0.2) is 6.07 Å². The highest BCUT2D eigenvalue weighted by Crippen LogP contribution is 2.04. The monoisotopic (exact) mass is 196 g/mol. The minimum absolute atomic E-state index is 0.217. The van der Waals surface area contributed by atoms with Gasteiger partial charge >= 0.3 is 0 Å². The molecular formula is C10H20N4. The van der Waals surface area contributed by atoms with Gasteiger partial charge < -0.3 is 5.73 Å². The highest BCUT2D eigenvalue weighted by molar-refractivity contribution is 5.08. The lowest BCUT2D eigenvalue weighted by Gasteiger charge is -2.18. The van der Waals surface area contributed by atoms with Crippen molar-refractivity contribution in [2.24, 2.45) is 12.8 Å². The molecule has 1 atom stereocenters. The third kappa shape index (κ3) is 3.12. The number of likely N-dealkylation sites (N-methyl/N-ethyl adjacent to an activating group) is 1. The minimum atomic E-state index is 0.217. The van der Waals surface area contributed by atoms with Gasteiger partial charge in [0.25, 0.3) is 0 Å². The summed E-state index contributed by atoms with van der Waals surface area (Å²) in [5.74, 6) is 0. The Balaban J connectivity index is 2.55. The van der Waals surface area contributed by atoms with E-state index in [1.807, 2.05) is 25.6 Å². The summed E-state index contributed by atoms with van der Waals surface area (Å²) in [5, 5.41) is 4.30. The Labute approximate surface area is 85.7 Å². The first kappa shape index (κ1) is 11.2. The molecular weight excluding hydrogens is 176 g/mol. The highest BCUT2D eigenvalue weighted by atomic mass is 15.3. The Morgan fingerprint density at radius 1 is 1.64 bits per heavy atom. The van der Waals surface area contributed by atoms with Crippen molar-refractivity contribution in [3.8, 4) is 0 Å². The first-order valence-corrected chi connectivity index (χ1v) is 4.92. The van der Waals surface area contributed by atoms with Crippen LogP contribution in [0, 0.1) is 6.92 Å². The zero-order chi connectivity index (χ0) is 10.7. The number of nitrogens with zero attached hydrogens (tertiary/aromatic N) is 3. The highest BCUT2D eigenvalue weighted by Gasteiger charge is 2.06. The molecule has 0 fully saturated rings. The molecule has 1 aromatic rings. The van der Waals surface area contributed by atoms with Crippen LogP contribution in [0.2, 0.25) is 0 Å². The molecule has 4 nitrogen and oxygen atoms in total. The van der Waals surface area contributed by atoms with Crippen molar-refractivity contribution in [3.05, 3.63) is 17.5 Å².